The second-order valence-electron chi connectivity index (χ2n) is 7.36. The Labute approximate surface area is 187 Å². The topological polar surface area (TPSA) is 35.9 Å². The monoisotopic (exact) mass is 437 g/mol. The van der Waals surface area contributed by atoms with Crippen LogP contribution in [-0.4, -0.2) is 29.1 Å². The van der Waals surface area contributed by atoms with E-state index in [1.54, 1.807) is 11.8 Å². The first-order chi connectivity index (χ1) is 14.6. The summed E-state index contributed by atoms with van der Waals surface area (Å²) in [5.41, 5.74) is 2.34. The maximum absolute atomic E-state index is 13.5. The molecule has 1 fully saturated rings. The van der Waals surface area contributed by atoms with Gasteiger partial charge >= 0.3 is 0 Å². The van der Waals surface area contributed by atoms with E-state index in [2.05, 4.69) is 62.1 Å². The van der Waals surface area contributed by atoms with Gasteiger partial charge in [0.15, 0.2) is 5.17 Å². The van der Waals surface area contributed by atoms with Crippen molar-refractivity contribution in [3.63, 3.8) is 0 Å². The fraction of sp³-hybridized carbons (Fsp3) is 0.333. The molecule has 156 valence electrons. The molecule has 0 N–H and O–H groups in total. The third-order valence-corrected chi connectivity index (χ3v) is 7.70. The molecule has 0 saturated carbocycles. The number of nitrogens with zero attached hydrogens (tertiary/aromatic N) is 3. The summed E-state index contributed by atoms with van der Waals surface area (Å²) in [6.45, 7) is 7.92. The average Bonchev–Trinajstić information content (AvgIpc) is 3.29. The second-order valence-corrected chi connectivity index (χ2v) is 9.37. The van der Waals surface area contributed by atoms with Crippen LogP contribution in [0.2, 0.25) is 0 Å². The van der Waals surface area contributed by atoms with Gasteiger partial charge in [-0.15, -0.1) is 0 Å². The van der Waals surface area contributed by atoms with E-state index in [0.717, 1.165) is 40.1 Å². The molecule has 1 saturated heterocycles. The number of hydrogen-bond acceptors (Lipinski definition) is 5. The molecule has 0 aromatic heterocycles. The number of thioether (sulfide) groups is 2. The fourth-order valence-electron chi connectivity index (χ4n) is 3.63. The molecule has 0 spiro atoms. The molecule has 1 atom stereocenters. The molecule has 0 aliphatic carbocycles. The second kappa shape index (κ2) is 9.31. The number of para-hydroxylation sites is 1. The molecule has 0 radical (unpaired) electrons. The number of carbonyl (C=O) groups is 1. The van der Waals surface area contributed by atoms with Gasteiger partial charge in [0, 0.05) is 18.0 Å². The average molecular weight is 438 g/mol. The van der Waals surface area contributed by atoms with Crippen molar-refractivity contribution in [2.45, 2.75) is 44.6 Å². The van der Waals surface area contributed by atoms with E-state index in [9.17, 15) is 4.79 Å². The van der Waals surface area contributed by atoms with Crippen molar-refractivity contribution in [2.75, 3.05) is 18.0 Å². The zero-order valence-corrected chi connectivity index (χ0v) is 19.3. The van der Waals surface area contributed by atoms with Crippen LogP contribution in [0.3, 0.4) is 0 Å². The highest BCUT2D eigenvalue weighted by atomic mass is 32.2. The first-order valence-electron chi connectivity index (χ1n) is 10.5. The van der Waals surface area contributed by atoms with Gasteiger partial charge in [-0.05, 0) is 49.7 Å². The van der Waals surface area contributed by atoms with Gasteiger partial charge in [0.05, 0.1) is 11.7 Å². The predicted octanol–water partition coefficient (Wildman–Crippen LogP) is 6.28. The van der Waals surface area contributed by atoms with Crippen LogP contribution in [-0.2, 0) is 4.79 Å². The Kier molecular flexibility index (Phi) is 6.54. The number of anilines is 1. The van der Waals surface area contributed by atoms with Crippen LogP contribution < -0.4 is 4.90 Å². The first-order valence-corrected chi connectivity index (χ1v) is 12.2. The number of benzene rings is 2. The van der Waals surface area contributed by atoms with Crippen molar-refractivity contribution in [1.29, 1.82) is 0 Å². The molecular formula is C24H27N3OS2. The molecule has 2 aromatic carbocycles. The molecule has 4 nitrogen and oxygen atoms in total. The quantitative estimate of drug-likeness (QED) is 0.498. The zero-order valence-electron chi connectivity index (χ0n) is 17.7. The number of amides is 1. The number of rotatable bonds is 6. The Bertz CT molecular complexity index is 987. The van der Waals surface area contributed by atoms with Gasteiger partial charge in [-0.1, -0.05) is 67.6 Å². The van der Waals surface area contributed by atoms with Gasteiger partial charge < -0.3 is 4.90 Å². The number of fused-ring (bicyclic) bond motifs is 1. The highest BCUT2D eigenvalue weighted by molar-refractivity contribution is 8.19. The highest BCUT2D eigenvalue weighted by Gasteiger charge is 2.39. The van der Waals surface area contributed by atoms with Crippen LogP contribution in [0.1, 0.15) is 45.2 Å². The number of hydrogen-bond donors (Lipinski definition) is 0. The standard InChI is InChI=1S/C24H27N3OS2/c1-4-6-16-27-22(28)21(23-26(5-2)19-14-10-11-15-20(19)29-23)30-24(27)25-17(3)18-12-8-7-9-13-18/h7-15,17H,4-6,16H2,1-3H3/b23-21-,25-24?. The SMILES string of the molecule is CCCCN1C(=O)/C(=C2/Sc3ccccc3N2CC)SC1=NC(C)c1ccccc1. The summed E-state index contributed by atoms with van der Waals surface area (Å²) in [4.78, 5) is 24.6. The normalized spacial score (nSPS) is 20.9. The van der Waals surface area contributed by atoms with Crippen LogP contribution in [0.4, 0.5) is 5.69 Å². The van der Waals surface area contributed by atoms with E-state index >= 15 is 0 Å². The summed E-state index contributed by atoms with van der Waals surface area (Å²) in [5.74, 6) is 0.0845. The fourth-order valence-corrected chi connectivity index (χ4v) is 6.11. The van der Waals surface area contributed by atoms with Crippen molar-refractivity contribution in [3.05, 3.63) is 70.1 Å². The zero-order chi connectivity index (χ0) is 21.1. The minimum atomic E-state index is 0.00526. The van der Waals surface area contributed by atoms with Gasteiger partial charge in [-0.25, -0.2) is 0 Å². The van der Waals surface area contributed by atoms with Crippen molar-refractivity contribution in [1.82, 2.24) is 4.90 Å². The lowest BCUT2D eigenvalue weighted by Crippen LogP contribution is -2.31. The number of amidine groups is 1. The summed E-state index contributed by atoms with van der Waals surface area (Å²) in [6, 6.07) is 18.6. The molecule has 0 bridgehead atoms. The van der Waals surface area contributed by atoms with Crippen LogP contribution in [0.25, 0.3) is 0 Å². The van der Waals surface area contributed by atoms with Crippen molar-refractivity contribution in [2.24, 2.45) is 4.99 Å². The maximum atomic E-state index is 13.5. The largest absolute Gasteiger partial charge is 0.334 e. The van der Waals surface area contributed by atoms with Gasteiger partial charge in [0.1, 0.15) is 9.93 Å². The van der Waals surface area contributed by atoms with Crippen LogP contribution in [0.5, 0.6) is 0 Å². The van der Waals surface area contributed by atoms with Crippen LogP contribution in [0, 0.1) is 0 Å². The molecule has 2 aliphatic heterocycles. The summed E-state index contributed by atoms with van der Waals surface area (Å²) in [5, 5.41) is 1.85. The van der Waals surface area contributed by atoms with Crippen molar-refractivity contribution < 1.29 is 4.79 Å². The van der Waals surface area contributed by atoms with Gasteiger partial charge in [0.2, 0.25) is 0 Å². The summed E-state index contributed by atoms with van der Waals surface area (Å²) in [6.07, 6.45) is 2.02. The Balaban J connectivity index is 1.70. The van der Waals surface area contributed by atoms with Gasteiger partial charge in [-0.3, -0.25) is 14.7 Å². The van der Waals surface area contributed by atoms with E-state index < -0.39 is 0 Å². The molecule has 1 unspecified atom stereocenters. The molecule has 2 heterocycles. The number of unbranched alkanes of at least 4 members (excludes halogenated alkanes) is 1. The highest BCUT2D eigenvalue weighted by Crippen LogP contribution is 2.50. The third-order valence-electron chi connectivity index (χ3n) is 5.30. The molecule has 30 heavy (non-hydrogen) atoms. The van der Waals surface area contributed by atoms with Gasteiger partial charge in [-0.2, -0.15) is 0 Å². The minimum absolute atomic E-state index is 0.00526. The predicted molar refractivity (Wildman–Crippen MR) is 129 cm³/mol. The van der Waals surface area contributed by atoms with E-state index in [4.69, 9.17) is 4.99 Å². The van der Waals surface area contributed by atoms with E-state index in [1.807, 2.05) is 23.1 Å². The first kappa shape index (κ1) is 21.1. The molecule has 2 aromatic rings. The number of aliphatic imine (C=N–C) groups is 1. The lowest BCUT2D eigenvalue weighted by molar-refractivity contribution is -0.122. The van der Waals surface area contributed by atoms with Crippen LogP contribution >= 0.6 is 23.5 Å². The smallest absolute Gasteiger partial charge is 0.269 e. The Morgan fingerprint density at radius 3 is 2.43 bits per heavy atom. The lowest BCUT2D eigenvalue weighted by Gasteiger charge is -2.19. The van der Waals surface area contributed by atoms with E-state index in [-0.39, 0.29) is 11.9 Å². The molecule has 1 amide bonds. The summed E-state index contributed by atoms with van der Waals surface area (Å²) < 4.78 is 0. The Morgan fingerprint density at radius 2 is 1.70 bits per heavy atom. The minimum Gasteiger partial charge on any atom is -0.334 e. The molecule has 2 aliphatic rings. The third kappa shape index (κ3) is 4.03. The lowest BCUT2D eigenvalue weighted by atomic mass is 10.1. The molecule has 6 heteroatoms. The molecular weight excluding hydrogens is 410 g/mol. The van der Waals surface area contributed by atoms with Gasteiger partial charge in [0.25, 0.3) is 5.91 Å². The Morgan fingerprint density at radius 1 is 0.967 bits per heavy atom. The van der Waals surface area contributed by atoms with Crippen molar-refractivity contribution in [3.8, 4) is 0 Å². The molecule has 4 rings (SSSR count). The Hall–Kier alpha value is -2.18. The van der Waals surface area contributed by atoms with E-state index in [1.165, 1.54) is 22.3 Å². The number of carbonyl (C=O) groups excluding carboxylic acids is 1. The van der Waals surface area contributed by atoms with Crippen molar-refractivity contribution >= 4 is 40.3 Å². The van der Waals surface area contributed by atoms with Crippen LogP contribution in [0.15, 0.2) is 74.4 Å². The summed E-state index contributed by atoms with van der Waals surface area (Å²) >= 11 is 3.23. The summed E-state index contributed by atoms with van der Waals surface area (Å²) in [7, 11) is 0. The van der Waals surface area contributed by atoms with E-state index in [0.29, 0.717) is 6.54 Å². The maximum Gasteiger partial charge on any atom is 0.269 e.